The first-order valence-electron chi connectivity index (χ1n) is 13.1. The van der Waals surface area contributed by atoms with Crippen LogP contribution in [0.4, 0.5) is 5.69 Å². The average Bonchev–Trinajstić information content (AvgIpc) is 2.92. The molecule has 3 aromatic carbocycles. The van der Waals surface area contributed by atoms with E-state index in [0.717, 1.165) is 49.5 Å². The van der Waals surface area contributed by atoms with Crippen molar-refractivity contribution in [3.8, 4) is 5.75 Å². The lowest BCUT2D eigenvalue weighted by atomic mass is 9.98. The molecule has 1 atom stereocenters. The number of ether oxygens (including phenoxy) is 1. The van der Waals surface area contributed by atoms with Gasteiger partial charge in [0, 0.05) is 44.2 Å². The summed E-state index contributed by atoms with van der Waals surface area (Å²) in [5.74, 6) is 0.575. The highest BCUT2D eigenvalue weighted by Crippen LogP contribution is 2.28. The van der Waals surface area contributed by atoms with E-state index in [1.165, 1.54) is 5.56 Å². The number of nitrogens with zero attached hydrogens (tertiary/aromatic N) is 2. The summed E-state index contributed by atoms with van der Waals surface area (Å²) in [6.45, 7) is 4.69. The van der Waals surface area contributed by atoms with Gasteiger partial charge in [0.1, 0.15) is 12.4 Å². The van der Waals surface area contributed by atoms with Crippen molar-refractivity contribution in [3.63, 3.8) is 0 Å². The summed E-state index contributed by atoms with van der Waals surface area (Å²) >= 11 is 0. The van der Waals surface area contributed by atoms with E-state index < -0.39 is 0 Å². The summed E-state index contributed by atoms with van der Waals surface area (Å²) in [4.78, 5) is 28.3. The largest absolute Gasteiger partial charge is 0.489 e. The van der Waals surface area contributed by atoms with E-state index in [-0.39, 0.29) is 24.2 Å². The van der Waals surface area contributed by atoms with Crippen LogP contribution in [0.1, 0.15) is 43.7 Å². The van der Waals surface area contributed by atoms with Gasteiger partial charge in [-0.15, -0.1) is 0 Å². The van der Waals surface area contributed by atoms with Crippen LogP contribution in [0.3, 0.4) is 0 Å². The predicted molar refractivity (Wildman–Crippen MR) is 147 cm³/mol. The van der Waals surface area contributed by atoms with E-state index in [9.17, 15) is 9.59 Å². The maximum Gasteiger partial charge on any atom is 0.222 e. The predicted octanol–water partition coefficient (Wildman–Crippen LogP) is 5.16. The van der Waals surface area contributed by atoms with Gasteiger partial charge in [0.15, 0.2) is 0 Å². The highest BCUT2D eigenvalue weighted by atomic mass is 16.5. The van der Waals surface area contributed by atoms with Gasteiger partial charge in [-0.3, -0.25) is 9.59 Å². The number of likely N-dealkylation sites (tertiary alicyclic amines) is 1. The molecule has 0 spiro atoms. The monoisotopic (exact) mass is 499 g/mol. The Hall–Kier alpha value is -3.80. The van der Waals surface area contributed by atoms with E-state index in [0.29, 0.717) is 19.1 Å². The van der Waals surface area contributed by atoms with Crippen molar-refractivity contribution in [2.75, 3.05) is 18.0 Å². The first-order chi connectivity index (χ1) is 18.0. The molecule has 2 amide bonds. The Labute approximate surface area is 220 Å². The molecule has 1 aliphatic heterocycles. The maximum atomic E-state index is 12.8. The second-order valence-electron chi connectivity index (χ2n) is 9.97. The summed E-state index contributed by atoms with van der Waals surface area (Å²) in [5.41, 5.74) is 8.84. The van der Waals surface area contributed by atoms with Gasteiger partial charge in [0.2, 0.25) is 11.8 Å². The Balaban J connectivity index is 1.40. The van der Waals surface area contributed by atoms with Crippen LogP contribution in [0, 0.1) is 5.92 Å². The van der Waals surface area contributed by atoms with Crippen molar-refractivity contribution in [1.29, 1.82) is 0 Å². The minimum atomic E-state index is -0.355. The highest BCUT2D eigenvalue weighted by Gasteiger charge is 2.28. The number of rotatable bonds is 11. The molecule has 37 heavy (non-hydrogen) atoms. The molecule has 4 rings (SSSR count). The summed E-state index contributed by atoms with van der Waals surface area (Å²) < 4.78 is 5.99. The molecule has 1 heterocycles. The molecule has 194 valence electrons. The van der Waals surface area contributed by atoms with E-state index in [2.05, 4.69) is 53.4 Å². The third-order valence-corrected chi connectivity index (χ3v) is 6.94. The van der Waals surface area contributed by atoms with Crippen LogP contribution in [-0.2, 0) is 22.7 Å². The van der Waals surface area contributed by atoms with Crippen LogP contribution in [0.5, 0.6) is 5.75 Å². The molecule has 0 radical (unpaired) electrons. The van der Waals surface area contributed by atoms with Crippen molar-refractivity contribution >= 4 is 17.5 Å². The zero-order valence-electron chi connectivity index (χ0n) is 21.6. The van der Waals surface area contributed by atoms with Gasteiger partial charge < -0.3 is 20.3 Å². The van der Waals surface area contributed by atoms with Crippen LogP contribution in [0.15, 0.2) is 84.9 Å². The van der Waals surface area contributed by atoms with Crippen LogP contribution in [-0.4, -0.2) is 35.8 Å². The summed E-state index contributed by atoms with van der Waals surface area (Å²) in [7, 11) is 0. The fourth-order valence-electron chi connectivity index (χ4n) is 4.96. The van der Waals surface area contributed by atoms with Crippen LogP contribution in [0.2, 0.25) is 0 Å². The molecule has 0 aromatic heterocycles. The van der Waals surface area contributed by atoms with Crippen molar-refractivity contribution < 1.29 is 14.3 Å². The molecule has 0 aliphatic carbocycles. The molecule has 0 saturated carbocycles. The molecule has 1 unspecified atom stereocenters. The molecule has 6 nitrogen and oxygen atoms in total. The summed E-state index contributed by atoms with van der Waals surface area (Å²) in [6.07, 6.45) is 2.41. The molecule has 6 heteroatoms. The summed E-state index contributed by atoms with van der Waals surface area (Å²) in [5, 5.41) is 0. The quantitative estimate of drug-likeness (QED) is 0.395. The number of nitrogens with two attached hydrogens (primary N) is 1. The molecule has 0 bridgehead atoms. The molecular weight excluding hydrogens is 462 g/mol. The van der Waals surface area contributed by atoms with Crippen LogP contribution < -0.4 is 15.4 Å². The number of anilines is 1. The van der Waals surface area contributed by atoms with Gasteiger partial charge in [-0.1, -0.05) is 67.6 Å². The minimum Gasteiger partial charge on any atom is -0.489 e. The Morgan fingerprint density at radius 3 is 2.08 bits per heavy atom. The summed E-state index contributed by atoms with van der Waals surface area (Å²) in [6, 6.07) is 29.3. The molecule has 1 aliphatic rings. The van der Waals surface area contributed by atoms with E-state index in [1.54, 1.807) is 0 Å². The zero-order chi connectivity index (χ0) is 26.0. The van der Waals surface area contributed by atoms with Crippen molar-refractivity contribution in [2.24, 2.45) is 11.7 Å². The van der Waals surface area contributed by atoms with Gasteiger partial charge in [-0.05, 0) is 54.2 Å². The van der Waals surface area contributed by atoms with Crippen molar-refractivity contribution in [2.45, 2.75) is 51.8 Å². The lowest BCUT2D eigenvalue weighted by molar-refractivity contribution is -0.133. The molecule has 1 saturated heterocycles. The Bertz CT molecular complexity index is 1130. The van der Waals surface area contributed by atoms with Gasteiger partial charge in [0.25, 0.3) is 0 Å². The topological polar surface area (TPSA) is 75.9 Å². The Morgan fingerprint density at radius 1 is 0.892 bits per heavy atom. The standard InChI is InChI=1S/C31H37N3O3/c1-24(20-30(32)35)21-31(36)33-18-16-28(17-19-33)34(22-25-8-4-2-5-9-25)27-12-14-29(15-13-27)37-23-26-10-6-3-7-11-26/h2-15,24,28H,16-23H2,1H3,(H2,32,35). The normalized spacial score (nSPS) is 14.7. The maximum absolute atomic E-state index is 12.8. The van der Waals surface area contributed by atoms with Gasteiger partial charge >= 0.3 is 0 Å². The minimum absolute atomic E-state index is 0.0278. The Kier molecular flexibility index (Phi) is 9.19. The first-order valence-corrected chi connectivity index (χ1v) is 13.1. The molecule has 1 fully saturated rings. The number of carbonyl (C=O) groups excluding carboxylic acids is 2. The second kappa shape index (κ2) is 12.9. The zero-order valence-corrected chi connectivity index (χ0v) is 21.6. The number of hydrogen-bond donors (Lipinski definition) is 1. The SMILES string of the molecule is CC(CC(N)=O)CC(=O)N1CCC(N(Cc2ccccc2)c2ccc(OCc3ccccc3)cc2)CC1. The fourth-order valence-corrected chi connectivity index (χ4v) is 4.96. The number of primary amides is 1. The van der Waals surface area contributed by atoms with Gasteiger partial charge in [-0.2, -0.15) is 0 Å². The average molecular weight is 500 g/mol. The van der Waals surface area contributed by atoms with Crippen molar-refractivity contribution in [1.82, 2.24) is 4.90 Å². The Morgan fingerprint density at radius 2 is 1.49 bits per heavy atom. The van der Waals surface area contributed by atoms with Crippen molar-refractivity contribution in [3.05, 3.63) is 96.1 Å². The second-order valence-corrected chi connectivity index (χ2v) is 9.97. The number of hydrogen-bond acceptors (Lipinski definition) is 4. The van der Waals surface area contributed by atoms with E-state index >= 15 is 0 Å². The van der Waals surface area contributed by atoms with Crippen LogP contribution >= 0.6 is 0 Å². The van der Waals surface area contributed by atoms with E-state index in [1.807, 2.05) is 48.2 Å². The van der Waals surface area contributed by atoms with Gasteiger partial charge in [0.05, 0.1) is 0 Å². The number of piperidine rings is 1. The molecule has 2 N–H and O–H groups in total. The first kappa shape index (κ1) is 26.3. The smallest absolute Gasteiger partial charge is 0.222 e. The number of carbonyl (C=O) groups is 2. The molecular formula is C31H37N3O3. The number of benzene rings is 3. The van der Waals surface area contributed by atoms with Gasteiger partial charge in [-0.25, -0.2) is 0 Å². The third-order valence-electron chi connectivity index (χ3n) is 6.94. The molecule has 3 aromatic rings. The lowest BCUT2D eigenvalue weighted by Crippen LogP contribution is -2.47. The third kappa shape index (κ3) is 7.84. The highest BCUT2D eigenvalue weighted by molar-refractivity contribution is 5.78. The lowest BCUT2D eigenvalue weighted by Gasteiger charge is -2.40. The van der Waals surface area contributed by atoms with E-state index in [4.69, 9.17) is 10.5 Å². The fraction of sp³-hybridized carbons (Fsp3) is 0.355. The number of amides is 2. The van der Waals surface area contributed by atoms with Crippen LogP contribution in [0.25, 0.3) is 0 Å².